The fourth-order valence-electron chi connectivity index (χ4n) is 3.61. The molecule has 0 saturated heterocycles. The number of thiophene rings is 1. The van der Waals surface area contributed by atoms with Crippen molar-refractivity contribution in [2.45, 2.75) is 39.0 Å². The molecule has 29 heavy (non-hydrogen) atoms. The first-order chi connectivity index (χ1) is 13.8. The van der Waals surface area contributed by atoms with E-state index in [2.05, 4.69) is 5.32 Å². The molecule has 1 aliphatic rings. The number of halogens is 1. The van der Waals surface area contributed by atoms with Gasteiger partial charge in [0, 0.05) is 9.90 Å². The van der Waals surface area contributed by atoms with E-state index in [9.17, 15) is 14.4 Å². The van der Waals surface area contributed by atoms with Crippen LogP contribution in [0.3, 0.4) is 0 Å². The van der Waals surface area contributed by atoms with Gasteiger partial charge in [0.1, 0.15) is 5.00 Å². The van der Waals surface area contributed by atoms with Crippen LogP contribution in [0.1, 0.15) is 52.5 Å². The molecule has 0 fully saturated rings. The minimum Gasteiger partial charge on any atom is -0.455 e. The summed E-state index contributed by atoms with van der Waals surface area (Å²) in [4.78, 5) is 37.8. The van der Waals surface area contributed by atoms with E-state index in [1.807, 2.05) is 13.8 Å². The molecule has 1 aromatic carbocycles. The van der Waals surface area contributed by atoms with Gasteiger partial charge >= 0.3 is 5.97 Å². The van der Waals surface area contributed by atoms with Crippen LogP contribution in [0.25, 0.3) is 0 Å². The zero-order valence-electron chi connectivity index (χ0n) is 16.3. The molecule has 0 unspecified atom stereocenters. The molecule has 1 aromatic heterocycles. The van der Waals surface area contributed by atoms with Crippen LogP contribution in [0.15, 0.2) is 24.3 Å². The van der Waals surface area contributed by atoms with E-state index in [0.717, 1.165) is 35.3 Å². The molecule has 2 aromatic rings. The Morgan fingerprint density at radius 2 is 1.90 bits per heavy atom. The number of aryl methyl sites for hydroxylation is 1. The number of esters is 1. The van der Waals surface area contributed by atoms with Crippen LogP contribution < -0.4 is 11.1 Å². The number of rotatable bonds is 7. The smallest absolute Gasteiger partial charge is 0.314 e. The van der Waals surface area contributed by atoms with Crippen molar-refractivity contribution in [3.63, 3.8) is 0 Å². The van der Waals surface area contributed by atoms with Gasteiger partial charge in [0.2, 0.25) is 0 Å². The molecule has 1 heterocycles. The highest BCUT2D eigenvalue weighted by Gasteiger charge is 2.28. The monoisotopic (exact) mass is 434 g/mol. The van der Waals surface area contributed by atoms with E-state index in [4.69, 9.17) is 22.1 Å². The Balaban J connectivity index is 1.65. The summed E-state index contributed by atoms with van der Waals surface area (Å²) in [5.74, 6) is -2.07. The van der Waals surface area contributed by atoms with Gasteiger partial charge in [0.15, 0.2) is 6.61 Å². The topological polar surface area (TPSA) is 98.5 Å². The van der Waals surface area contributed by atoms with Gasteiger partial charge in [-0.3, -0.25) is 14.4 Å². The average Bonchev–Trinajstić information content (AvgIpc) is 3.21. The highest BCUT2D eigenvalue weighted by Crippen LogP contribution is 2.38. The van der Waals surface area contributed by atoms with Crippen LogP contribution in [0.4, 0.5) is 5.00 Å². The molecule has 0 bridgehead atoms. The zero-order valence-corrected chi connectivity index (χ0v) is 17.9. The summed E-state index contributed by atoms with van der Waals surface area (Å²) in [7, 11) is 0. The normalized spacial score (nSPS) is 13.8. The van der Waals surface area contributed by atoms with E-state index in [1.165, 1.54) is 11.3 Å². The molecule has 8 heteroatoms. The lowest BCUT2D eigenvalue weighted by molar-refractivity contribution is -0.149. The molecule has 1 atom stereocenters. The largest absolute Gasteiger partial charge is 0.455 e. The number of anilines is 1. The van der Waals surface area contributed by atoms with E-state index < -0.39 is 30.3 Å². The maximum Gasteiger partial charge on any atom is 0.314 e. The molecule has 0 saturated carbocycles. The van der Waals surface area contributed by atoms with Crippen molar-refractivity contribution in [1.29, 1.82) is 0 Å². The molecule has 1 aliphatic carbocycles. The standard InChI is InChI=1S/C21H23ClN2O4S/c1-11(2)17(12-6-8-13(22)9-7-12)21(27)28-10-16(25)24-20-18(19(23)26)14-4-3-5-15(14)29-20/h6-9,11,17H,3-5,10H2,1-2H3,(H2,23,26)(H,24,25)/t17-/m0/s1. The minimum atomic E-state index is -0.556. The van der Waals surface area contributed by atoms with Crippen LogP contribution in [0.5, 0.6) is 0 Å². The number of nitrogens with one attached hydrogen (secondary N) is 1. The van der Waals surface area contributed by atoms with Crippen molar-refractivity contribution in [3.8, 4) is 0 Å². The Labute approximate surface area is 178 Å². The maximum atomic E-state index is 12.6. The van der Waals surface area contributed by atoms with Crippen molar-refractivity contribution in [2.75, 3.05) is 11.9 Å². The van der Waals surface area contributed by atoms with Crippen molar-refractivity contribution in [2.24, 2.45) is 11.7 Å². The molecule has 154 valence electrons. The molecule has 0 radical (unpaired) electrons. The van der Waals surface area contributed by atoms with Gasteiger partial charge in [-0.15, -0.1) is 11.3 Å². The predicted octanol–water partition coefficient (Wildman–Crippen LogP) is 3.91. The van der Waals surface area contributed by atoms with Gasteiger partial charge in [-0.05, 0) is 48.4 Å². The number of amides is 2. The Hall–Kier alpha value is -2.38. The third-order valence-electron chi connectivity index (χ3n) is 4.92. The number of ether oxygens (including phenoxy) is 1. The average molecular weight is 435 g/mol. The summed E-state index contributed by atoms with van der Waals surface area (Å²) >= 11 is 7.28. The number of hydrogen-bond donors (Lipinski definition) is 2. The van der Waals surface area contributed by atoms with Crippen LogP contribution in [0.2, 0.25) is 5.02 Å². The number of carbonyl (C=O) groups is 3. The first-order valence-corrected chi connectivity index (χ1v) is 10.6. The number of hydrogen-bond acceptors (Lipinski definition) is 5. The Morgan fingerprint density at radius 1 is 1.21 bits per heavy atom. The van der Waals surface area contributed by atoms with Crippen LogP contribution in [-0.2, 0) is 27.2 Å². The summed E-state index contributed by atoms with van der Waals surface area (Å²) in [6.45, 7) is 3.39. The van der Waals surface area contributed by atoms with Gasteiger partial charge in [-0.1, -0.05) is 37.6 Å². The second-order valence-corrected chi connectivity index (χ2v) is 8.90. The molecular formula is C21H23ClN2O4S. The summed E-state index contributed by atoms with van der Waals surface area (Å²) in [6, 6.07) is 6.99. The van der Waals surface area contributed by atoms with Crippen molar-refractivity contribution in [1.82, 2.24) is 0 Å². The van der Waals surface area contributed by atoms with Gasteiger partial charge in [-0.25, -0.2) is 0 Å². The quantitative estimate of drug-likeness (QED) is 0.645. The van der Waals surface area contributed by atoms with Gasteiger partial charge in [0.05, 0.1) is 11.5 Å². The Bertz CT molecular complexity index is 937. The lowest BCUT2D eigenvalue weighted by Crippen LogP contribution is -2.26. The van der Waals surface area contributed by atoms with E-state index in [0.29, 0.717) is 15.6 Å². The second kappa shape index (κ2) is 8.97. The lowest BCUT2D eigenvalue weighted by Gasteiger charge is -2.19. The number of primary amides is 1. The molecule has 6 nitrogen and oxygen atoms in total. The lowest BCUT2D eigenvalue weighted by atomic mass is 9.88. The SMILES string of the molecule is CC(C)[C@H](C(=O)OCC(=O)Nc1sc2c(c1C(N)=O)CCC2)c1ccc(Cl)cc1. The molecule has 3 rings (SSSR count). The molecule has 0 spiro atoms. The summed E-state index contributed by atoms with van der Waals surface area (Å²) in [6.07, 6.45) is 2.64. The van der Waals surface area contributed by atoms with Gasteiger partial charge in [0.25, 0.3) is 11.8 Å². The Kier molecular flexibility index (Phi) is 6.59. The maximum absolute atomic E-state index is 12.6. The minimum absolute atomic E-state index is 0.0199. The highest BCUT2D eigenvalue weighted by atomic mass is 35.5. The molecule has 2 amide bonds. The molecule has 0 aliphatic heterocycles. The fraction of sp³-hybridized carbons (Fsp3) is 0.381. The number of benzene rings is 1. The zero-order chi connectivity index (χ0) is 21.1. The van der Waals surface area contributed by atoms with Gasteiger partial charge in [-0.2, -0.15) is 0 Å². The first-order valence-electron chi connectivity index (χ1n) is 9.44. The summed E-state index contributed by atoms with van der Waals surface area (Å²) in [5, 5.41) is 3.69. The summed E-state index contributed by atoms with van der Waals surface area (Å²) in [5.41, 5.74) is 7.58. The van der Waals surface area contributed by atoms with Crippen molar-refractivity contribution in [3.05, 3.63) is 50.9 Å². The highest BCUT2D eigenvalue weighted by molar-refractivity contribution is 7.17. The van der Waals surface area contributed by atoms with E-state index in [1.54, 1.807) is 24.3 Å². The fourth-order valence-corrected chi connectivity index (χ4v) is 5.04. The number of nitrogens with two attached hydrogens (primary N) is 1. The van der Waals surface area contributed by atoms with Gasteiger partial charge < -0.3 is 15.8 Å². The second-order valence-electron chi connectivity index (χ2n) is 7.35. The van der Waals surface area contributed by atoms with Crippen LogP contribution >= 0.6 is 22.9 Å². The summed E-state index contributed by atoms with van der Waals surface area (Å²) < 4.78 is 5.27. The van der Waals surface area contributed by atoms with Crippen LogP contribution in [-0.4, -0.2) is 24.4 Å². The number of carbonyl (C=O) groups excluding carboxylic acids is 3. The third kappa shape index (κ3) is 4.79. The van der Waals surface area contributed by atoms with Crippen molar-refractivity contribution >= 4 is 45.7 Å². The van der Waals surface area contributed by atoms with Crippen LogP contribution in [0, 0.1) is 5.92 Å². The predicted molar refractivity (Wildman–Crippen MR) is 113 cm³/mol. The Morgan fingerprint density at radius 3 is 2.52 bits per heavy atom. The van der Waals surface area contributed by atoms with E-state index in [-0.39, 0.29) is 5.92 Å². The molecular weight excluding hydrogens is 412 g/mol. The van der Waals surface area contributed by atoms with E-state index >= 15 is 0 Å². The molecule has 3 N–H and O–H groups in total. The number of fused-ring (bicyclic) bond motifs is 1. The first kappa shape index (κ1) is 21.3. The van der Waals surface area contributed by atoms with Crippen molar-refractivity contribution < 1.29 is 19.1 Å². The third-order valence-corrected chi connectivity index (χ3v) is 6.38.